The molecule has 25 heavy (non-hydrogen) atoms. The van der Waals surface area contributed by atoms with Gasteiger partial charge in [0, 0.05) is 30.5 Å². The number of nitrogens with one attached hydrogen (secondary N) is 1. The number of amides is 2. The maximum Gasteiger partial charge on any atom is 0.247 e. The monoisotopic (exact) mass is 341 g/mol. The third kappa shape index (κ3) is 3.16. The number of anilines is 1. The van der Waals surface area contributed by atoms with Crippen LogP contribution in [0, 0.1) is 11.7 Å². The number of likely N-dealkylation sites (tertiary alicyclic amines) is 1. The summed E-state index contributed by atoms with van der Waals surface area (Å²) in [7, 11) is 0. The molecular weight excluding hydrogens is 321 g/mol. The Morgan fingerprint density at radius 2 is 1.88 bits per heavy atom. The summed E-state index contributed by atoms with van der Waals surface area (Å²) < 4.78 is 16.0. The van der Waals surface area contributed by atoms with Crippen LogP contribution in [-0.2, 0) is 9.59 Å². The SMILES string of the molecule is O=C(Nc1cc(-n2cccc2)ccc1F)[C@@H]1CCCN1C(=O)C1CC1. The van der Waals surface area contributed by atoms with Crippen molar-refractivity contribution in [3.05, 3.63) is 48.5 Å². The highest BCUT2D eigenvalue weighted by atomic mass is 19.1. The number of benzene rings is 1. The van der Waals surface area contributed by atoms with Gasteiger partial charge < -0.3 is 14.8 Å². The van der Waals surface area contributed by atoms with Crippen molar-refractivity contribution in [1.29, 1.82) is 0 Å². The summed E-state index contributed by atoms with van der Waals surface area (Å²) in [4.78, 5) is 26.6. The van der Waals surface area contributed by atoms with E-state index in [1.54, 1.807) is 17.0 Å². The number of carbonyl (C=O) groups is 2. The molecule has 1 aromatic carbocycles. The molecule has 1 aliphatic carbocycles. The van der Waals surface area contributed by atoms with Crippen LogP contribution in [0.25, 0.3) is 5.69 Å². The first kappa shape index (κ1) is 15.9. The minimum absolute atomic E-state index is 0.0687. The van der Waals surface area contributed by atoms with Gasteiger partial charge in [0.2, 0.25) is 11.8 Å². The van der Waals surface area contributed by atoms with E-state index in [4.69, 9.17) is 0 Å². The lowest BCUT2D eigenvalue weighted by atomic mass is 10.2. The maximum absolute atomic E-state index is 14.1. The Balaban J connectivity index is 1.52. The Bertz CT molecular complexity index is 799. The predicted molar refractivity (Wildman–Crippen MR) is 91.8 cm³/mol. The summed E-state index contributed by atoms with van der Waals surface area (Å²) >= 11 is 0. The molecule has 1 aromatic heterocycles. The lowest BCUT2D eigenvalue weighted by Gasteiger charge is -2.24. The van der Waals surface area contributed by atoms with Gasteiger partial charge in [-0.3, -0.25) is 9.59 Å². The first-order valence-electron chi connectivity index (χ1n) is 8.68. The molecule has 0 bridgehead atoms. The Kier molecular flexibility index (Phi) is 4.03. The fourth-order valence-corrected chi connectivity index (χ4v) is 3.36. The molecule has 5 nitrogen and oxygen atoms in total. The summed E-state index contributed by atoms with van der Waals surface area (Å²) in [5.41, 5.74) is 0.904. The molecule has 6 heteroatoms. The zero-order valence-corrected chi connectivity index (χ0v) is 13.8. The third-order valence-corrected chi connectivity index (χ3v) is 4.88. The molecule has 1 saturated heterocycles. The first-order valence-corrected chi connectivity index (χ1v) is 8.68. The van der Waals surface area contributed by atoms with E-state index in [0.29, 0.717) is 13.0 Å². The number of rotatable bonds is 4. The number of hydrogen-bond acceptors (Lipinski definition) is 2. The number of aromatic nitrogens is 1. The topological polar surface area (TPSA) is 54.3 Å². The quantitative estimate of drug-likeness (QED) is 0.929. The first-order chi connectivity index (χ1) is 12.1. The highest BCUT2D eigenvalue weighted by Crippen LogP contribution is 2.34. The lowest BCUT2D eigenvalue weighted by molar-refractivity contribution is -0.137. The van der Waals surface area contributed by atoms with E-state index in [0.717, 1.165) is 24.9 Å². The molecule has 1 aliphatic heterocycles. The average Bonchev–Trinajstić information content (AvgIpc) is 3.11. The van der Waals surface area contributed by atoms with Gasteiger partial charge in [-0.15, -0.1) is 0 Å². The largest absolute Gasteiger partial charge is 0.330 e. The van der Waals surface area contributed by atoms with Crippen molar-refractivity contribution < 1.29 is 14.0 Å². The van der Waals surface area contributed by atoms with Crippen LogP contribution < -0.4 is 5.32 Å². The average molecular weight is 341 g/mol. The van der Waals surface area contributed by atoms with E-state index in [1.165, 1.54) is 6.07 Å². The van der Waals surface area contributed by atoms with Gasteiger partial charge in [-0.25, -0.2) is 4.39 Å². The Hall–Kier alpha value is -2.63. The molecular formula is C19H20FN3O2. The summed E-state index contributed by atoms with van der Waals surface area (Å²) in [5, 5.41) is 2.68. The van der Waals surface area contributed by atoms with Crippen LogP contribution in [0.4, 0.5) is 10.1 Å². The summed E-state index contributed by atoms with van der Waals surface area (Å²) in [6.45, 7) is 0.610. The van der Waals surface area contributed by atoms with Crippen molar-refractivity contribution in [3.8, 4) is 5.69 Å². The zero-order chi connectivity index (χ0) is 17.4. The highest BCUT2D eigenvalue weighted by Gasteiger charge is 2.40. The Labute approximate surface area is 145 Å². The summed E-state index contributed by atoms with van der Waals surface area (Å²) in [5.74, 6) is -0.640. The lowest BCUT2D eigenvalue weighted by Crippen LogP contribution is -2.43. The van der Waals surface area contributed by atoms with Crippen LogP contribution in [0.1, 0.15) is 25.7 Å². The smallest absolute Gasteiger partial charge is 0.247 e. The molecule has 4 rings (SSSR count). The van der Waals surface area contributed by atoms with Crippen LogP contribution in [0.5, 0.6) is 0 Å². The van der Waals surface area contributed by atoms with Gasteiger partial charge >= 0.3 is 0 Å². The van der Waals surface area contributed by atoms with E-state index in [9.17, 15) is 14.0 Å². The standard InChI is InChI=1S/C19H20FN3O2/c20-15-8-7-14(22-9-1-2-10-22)12-16(15)21-18(24)17-4-3-11-23(17)19(25)13-5-6-13/h1-2,7-10,12-13,17H,3-6,11H2,(H,21,24)/t17-/m0/s1. The highest BCUT2D eigenvalue weighted by molar-refractivity contribution is 5.98. The van der Waals surface area contributed by atoms with Gasteiger partial charge in [0.25, 0.3) is 0 Å². The van der Waals surface area contributed by atoms with Gasteiger partial charge in [0.1, 0.15) is 11.9 Å². The number of nitrogens with zero attached hydrogens (tertiary/aromatic N) is 2. The Morgan fingerprint density at radius 3 is 2.60 bits per heavy atom. The second-order valence-electron chi connectivity index (χ2n) is 6.71. The van der Waals surface area contributed by atoms with Gasteiger partial charge in [-0.1, -0.05) is 0 Å². The predicted octanol–water partition coefficient (Wildman–Crippen LogP) is 2.96. The van der Waals surface area contributed by atoms with E-state index in [-0.39, 0.29) is 23.4 Å². The molecule has 130 valence electrons. The van der Waals surface area contributed by atoms with Crippen LogP contribution in [0.15, 0.2) is 42.7 Å². The fourth-order valence-electron chi connectivity index (χ4n) is 3.36. The van der Waals surface area contributed by atoms with Gasteiger partial charge in [-0.05, 0) is 56.0 Å². The van der Waals surface area contributed by atoms with E-state index in [2.05, 4.69) is 5.32 Å². The van der Waals surface area contributed by atoms with Crippen LogP contribution in [-0.4, -0.2) is 33.9 Å². The van der Waals surface area contributed by atoms with Crippen LogP contribution in [0.2, 0.25) is 0 Å². The minimum Gasteiger partial charge on any atom is -0.330 e. The molecule has 0 spiro atoms. The van der Waals surface area contributed by atoms with Crippen molar-refractivity contribution in [3.63, 3.8) is 0 Å². The van der Waals surface area contributed by atoms with Gasteiger partial charge in [-0.2, -0.15) is 0 Å². The zero-order valence-electron chi connectivity index (χ0n) is 13.8. The van der Waals surface area contributed by atoms with Crippen molar-refractivity contribution in [1.82, 2.24) is 9.47 Å². The van der Waals surface area contributed by atoms with Gasteiger partial charge in [0.05, 0.1) is 5.69 Å². The van der Waals surface area contributed by atoms with Crippen molar-refractivity contribution >= 4 is 17.5 Å². The Morgan fingerprint density at radius 1 is 1.12 bits per heavy atom. The second-order valence-corrected chi connectivity index (χ2v) is 6.71. The maximum atomic E-state index is 14.1. The molecule has 2 aliphatic rings. The number of hydrogen-bond donors (Lipinski definition) is 1. The summed E-state index contributed by atoms with van der Waals surface area (Å²) in [6, 6.07) is 7.86. The molecule has 2 heterocycles. The van der Waals surface area contributed by atoms with E-state index < -0.39 is 11.9 Å². The van der Waals surface area contributed by atoms with Crippen molar-refractivity contribution in [2.24, 2.45) is 5.92 Å². The minimum atomic E-state index is -0.497. The third-order valence-electron chi connectivity index (χ3n) is 4.88. The molecule has 1 saturated carbocycles. The number of carbonyl (C=O) groups excluding carboxylic acids is 2. The van der Waals surface area contributed by atoms with E-state index >= 15 is 0 Å². The molecule has 1 atom stereocenters. The number of halogens is 1. The molecule has 0 unspecified atom stereocenters. The van der Waals surface area contributed by atoms with E-state index in [1.807, 2.05) is 29.1 Å². The normalized spacial score (nSPS) is 19.9. The molecule has 2 fully saturated rings. The molecule has 1 N–H and O–H groups in total. The summed E-state index contributed by atoms with van der Waals surface area (Å²) in [6.07, 6.45) is 6.97. The van der Waals surface area contributed by atoms with Crippen LogP contribution in [0.3, 0.4) is 0 Å². The molecule has 2 amide bonds. The fraction of sp³-hybridized carbons (Fsp3) is 0.368. The van der Waals surface area contributed by atoms with Crippen LogP contribution >= 0.6 is 0 Å². The second kappa shape index (κ2) is 6.35. The van der Waals surface area contributed by atoms with Crippen molar-refractivity contribution in [2.45, 2.75) is 31.7 Å². The molecule has 2 aromatic rings. The van der Waals surface area contributed by atoms with Crippen molar-refractivity contribution in [2.75, 3.05) is 11.9 Å². The van der Waals surface area contributed by atoms with Gasteiger partial charge in [0.15, 0.2) is 0 Å². The molecule has 0 radical (unpaired) electrons.